The van der Waals surface area contributed by atoms with Gasteiger partial charge in [-0.3, -0.25) is 0 Å². The number of benzene rings is 1. The Morgan fingerprint density at radius 3 is 2.05 bits per heavy atom. The van der Waals surface area contributed by atoms with E-state index in [1.54, 1.807) is 0 Å². The first-order valence-corrected chi connectivity index (χ1v) is 8.58. The summed E-state index contributed by atoms with van der Waals surface area (Å²) in [5, 5.41) is 3.52. The van der Waals surface area contributed by atoms with Crippen LogP contribution in [0.1, 0.15) is 66.4 Å². The third kappa shape index (κ3) is 9.83. The predicted octanol–water partition coefficient (Wildman–Crippen LogP) is 5.42. The highest BCUT2D eigenvalue weighted by Gasteiger charge is 2.11. The summed E-state index contributed by atoms with van der Waals surface area (Å²) in [6.07, 6.45) is 3.86. The molecule has 0 heterocycles. The van der Waals surface area contributed by atoms with Gasteiger partial charge in [0.05, 0.1) is 6.61 Å². The van der Waals surface area contributed by atoms with E-state index in [0.717, 1.165) is 25.4 Å². The minimum atomic E-state index is 0.202. The first-order chi connectivity index (χ1) is 10.2. The largest absolute Gasteiger partial charge is 0.493 e. The molecule has 2 heteroatoms. The van der Waals surface area contributed by atoms with Crippen molar-refractivity contribution in [3.63, 3.8) is 0 Å². The zero-order valence-electron chi connectivity index (χ0n) is 15.5. The Morgan fingerprint density at radius 2 is 1.50 bits per heavy atom. The van der Waals surface area contributed by atoms with Gasteiger partial charge in [0.1, 0.15) is 5.75 Å². The van der Waals surface area contributed by atoms with Crippen LogP contribution in [0.2, 0.25) is 0 Å². The van der Waals surface area contributed by atoms with Crippen molar-refractivity contribution in [3.05, 3.63) is 29.8 Å². The normalized spacial score (nSPS) is 12.5. The van der Waals surface area contributed by atoms with Crippen molar-refractivity contribution in [2.24, 2.45) is 10.8 Å². The zero-order valence-corrected chi connectivity index (χ0v) is 15.5. The van der Waals surface area contributed by atoms with Crippen LogP contribution in [0, 0.1) is 10.8 Å². The van der Waals surface area contributed by atoms with Gasteiger partial charge in [-0.05, 0) is 47.9 Å². The molecule has 22 heavy (non-hydrogen) atoms. The van der Waals surface area contributed by atoms with Gasteiger partial charge in [-0.25, -0.2) is 0 Å². The van der Waals surface area contributed by atoms with Crippen molar-refractivity contribution in [1.29, 1.82) is 0 Å². The highest BCUT2D eigenvalue weighted by Crippen LogP contribution is 2.21. The molecule has 0 spiro atoms. The molecule has 1 aromatic carbocycles. The lowest BCUT2D eigenvalue weighted by atomic mass is 9.90. The Balaban J connectivity index is 2.19. The van der Waals surface area contributed by atoms with Gasteiger partial charge in [-0.15, -0.1) is 0 Å². The Hall–Kier alpha value is -1.02. The van der Waals surface area contributed by atoms with Gasteiger partial charge in [-0.1, -0.05) is 60.1 Å². The monoisotopic (exact) mass is 305 g/mol. The molecule has 0 saturated carbocycles. The molecule has 0 fully saturated rings. The van der Waals surface area contributed by atoms with Gasteiger partial charge in [0.15, 0.2) is 0 Å². The van der Waals surface area contributed by atoms with Crippen molar-refractivity contribution in [3.8, 4) is 5.75 Å². The first kappa shape index (κ1) is 19.0. The summed E-state index contributed by atoms with van der Waals surface area (Å²) >= 11 is 0. The van der Waals surface area contributed by atoms with E-state index in [1.165, 1.54) is 24.8 Å². The van der Waals surface area contributed by atoms with Crippen LogP contribution >= 0.6 is 0 Å². The molecule has 0 aliphatic heterocycles. The zero-order chi connectivity index (χ0) is 16.6. The lowest BCUT2D eigenvalue weighted by molar-refractivity contribution is 0.198. The highest BCUT2D eigenvalue weighted by molar-refractivity contribution is 5.27. The van der Waals surface area contributed by atoms with Crippen LogP contribution in [0.3, 0.4) is 0 Å². The van der Waals surface area contributed by atoms with E-state index in [4.69, 9.17) is 4.74 Å². The molecule has 0 radical (unpaired) electrons. The van der Waals surface area contributed by atoms with Crippen molar-refractivity contribution in [2.45, 2.75) is 67.3 Å². The number of ether oxygens (including phenoxy) is 1. The molecule has 0 aliphatic carbocycles. The molecule has 0 unspecified atom stereocenters. The van der Waals surface area contributed by atoms with Crippen LogP contribution in [0.25, 0.3) is 0 Å². The summed E-state index contributed by atoms with van der Waals surface area (Å²) < 4.78 is 5.79. The van der Waals surface area contributed by atoms with Crippen molar-refractivity contribution >= 4 is 0 Å². The van der Waals surface area contributed by atoms with Gasteiger partial charge in [-0.2, -0.15) is 0 Å². The number of rotatable bonds is 8. The van der Waals surface area contributed by atoms with E-state index >= 15 is 0 Å². The van der Waals surface area contributed by atoms with E-state index in [1.807, 2.05) is 0 Å². The quantitative estimate of drug-likeness (QED) is 0.648. The molecule has 126 valence electrons. The lowest BCUT2D eigenvalue weighted by Crippen LogP contribution is -2.17. The lowest BCUT2D eigenvalue weighted by Gasteiger charge is -2.19. The second kappa shape index (κ2) is 8.57. The fourth-order valence-electron chi connectivity index (χ4n) is 2.14. The summed E-state index contributed by atoms with van der Waals surface area (Å²) in [6.45, 7) is 16.3. The van der Waals surface area contributed by atoms with E-state index in [2.05, 4.69) is 71.1 Å². The predicted molar refractivity (Wildman–Crippen MR) is 96.4 cm³/mol. The van der Waals surface area contributed by atoms with Gasteiger partial charge in [0.25, 0.3) is 0 Å². The van der Waals surface area contributed by atoms with E-state index in [0.29, 0.717) is 5.41 Å². The Morgan fingerprint density at radius 1 is 0.864 bits per heavy atom. The summed E-state index contributed by atoms with van der Waals surface area (Å²) in [7, 11) is 0. The van der Waals surface area contributed by atoms with Crippen LogP contribution < -0.4 is 10.1 Å². The summed E-state index contributed by atoms with van der Waals surface area (Å²) in [5.41, 5.74) is 1.98. The Bertz CT molecular complexity index is 409. The summed E-state index contributed by atoms with van der Waals surface area (Å²) in [5.74, 6) is 0.962. The Kier molecular flexibility index (Phi) is 7.41. The van der Waals surface area contributed by atoms with Gasteiger partial charge in [0.2, 0.25) is 0 Å². The maximum Gasteiger partial charge on any atom is 0.119 e. The minimum absolute atomic E-state index is 0.202. The minimum Gasteiger partial charge on any atom is -0.493 e. The molecule has 2 nitrogen and oxygen atoms in total. The highest BCUT2D eigenvalue weighted by atomic mass is 16.5. The van der Waals surface area contributed by atoms with Crippen molar-refractivity contribution in [1.82, 2.24) is 5.32 Å². The fourth-order valence-corrected chi connectivity index (χ4v) is 2.14. The Labute approximate surface area is 137 Å². The van der Waals surface area contributed by atoms with E-state index < -0.39 is 0 Å². The molecule has 0 aromatic heterocycles. The second-order valence-corrected chi connectivity index (χ2v) is 8.69. The molecular weight excluding hydrogens is 270 g/mol. The smallest absolute Gasteiger partial charge is 0.119 e. The molecule has 0 amide bonds. The number of hydrogen-bond donors (Lipinski definition) is 1. The average Bonchev–Trinajstić information content (AvgIpc) is 2.39. The molecule has 1 rings (SSSR count). The molecule has 0 saturated heterocycles. The van der Waals surface area contributed by atoms with Crippen molar-refractivity contribution < 1.29 is 4.74 Å². The van der Waals surface area contributed by atoms with E-state index in [-0.39, 0.29) is 5.41 Å². The number of nitrogens with one attached hydrogen (secondary N) is 1. The maximum atomic E-state index is 5.79. The molecule has 1 aromatic rings. The van der Waals surface area contributed by atoms with Crippen molar-refractivity contribution in [2.75, 3.05) is 13.2 Å². The third-order valence-electron chi connectivity index (χ3n) is 3.45. The van der Waals surface area contributed by atoms with Gasteiger partial charge < -0.3 is 10.1 Å². The number of hydrogen-bond acceptors (Lipinski definition) is 2. The molecule has 0 aliphatic rings. The summed E-state index contributed by atoms with van der Waals surface area (Å²) in [6, 6.07) is 8.45. The molecule has 1 N–H and O–H groups in total. The van der Waals surface area contributed by atoms with Gasteiger partial charge in [0, 0.05) is 6.54 Å². The van der Waals surface area contributed by atoms with E-state index in [9.17, 15) is 0 Å². The molecule has 0 bridgehead atoms. The topological polar surface area (TPSA) is 21.3 Å². The standard InChI is InChI=1S/C20H35NO/c1-19(2,3)13-7-8-14-21-15-17-9-11-18(12-10-17)22-16-20(4,5)6/h9-12,21H,7-8,13-16H2,1-6H3. The van der Waals surface area contributed by atoms with Crippen LogP contribution in [0.5, 0.6) is 5.75 Å². The fraction of sp³-hybridized carbons (Fsp3) is 0.700. The molecule has 0 atom stereocenters. The van der Waals surface area contributed by atoms with Gasteiger partial charge >= 0.3 is 0 Å². The maximum absolute atomic E-state index is 5.79. The second-order valence-electron chi connectivity index (χ2n) is 8.69. The molecular formula is C20H35NO. The van der Waals surface area contributed by atoms with Crippen LogP contribution in [-0.2, 0) is 6.54 Å². The van der Waals surface area contributed by atoms with Crippen LogP contribution in [0.15, 0.2) is 24.3 Å². The van der Waals surface area contributed by atoms with Crippen LogP contribution in [-0.4, -0.2) is 13.2 Å². The SMILES string of the molecule is CC(C)(C)CCCCNCc1ccc(OCC(C)(C)C)cc1. The average molecular weight is 306 g/mol. The summed E-state index contributed by atoms with van der Waals surface area (Å²) in [4.78, 5) is 0. The van der Waals surface area contributed by atoms with Crippen LogP contribution in [0.4, 0.5) is 0 Å². The first-order valence-electron chi connectivity index (χ1n) is 8.58. The third-order valence-corrected chi connectivity index (χ3v) is 3.45. The number of unbranched alkanes of at least 4 members (excludes halogenated alkanes) is 1.